The predicted octanol–water partition coefficient (Wildman–Crippen LogP) is 6.90. The molecule has 0 bridgehead atoms. The average Bonchev–Trinajstić information content (AvgIpc) is 3.32. The van der Waals surface area contributed by atoms with E-state index in [1.54, 1.807) is 31.2 Å². The second kappa shape index (κ2) is 11.1. The number of fused-ring (bicyclic) bond motifs is 1. The number of sulfone groups is 1. The van der Waals surface area contributed by atoms with Gasteiger partial charge in [-0.2, -0.15) is 0 Å². The van der Waals surface area contributed by atoms with E-state index in [9.17, 15) is 13.2 Å². The molecule has 0 saturated heterocycles. The molecule has 1 aromatic heterocycles. The van der Waals surface area contributed by atoms with Gasteiger partial charge < -0.3 is 9.88 Å². The van der Waals surface area contributed by atoms with Crippen LogP contribution in [0.15, 0.2) is 95.9 Å². The summed E-state index contributed by atoms with van der Waals surface area (Å²) in [6, 6.07) is 29.2. The molecule has 1 amide bonds. The van der Waals surface area contributed by atoms with E-state index in [0.717, 1.165) is 28.0 Å². The molecule has 0 unspecified atom stereocenters. The van der Waals surface area contributed by atoms with Crippen LogP contribution in [0, 0.1) is 13.8 Å². The number of hydrogen-bond donors (Lipinski definition) is 1. The zero-order valence-electron chi connectivity index (χ0n) is 23.2. The van der Waals surface area contributed by atoms with E-state index < -0.39 is 9.84 Å². The van der Waals surface area contributed by atoms with Crippen LogP contribution in [0.5, 0.6) is 0 Å². The Kier molecular flexibility index (Phi) is 7.59. The van der Waals surface area contributed by atoms with Gasteiger partial charge >= 0.3 is 0 Å². The number of hydrogen-bond acceptors (Lipinski definition) is 4. The number of carbonyl (C=O) groups excluding carboxylic acids is 1. The van der Waals surface area contributed by atoms with E-state index in [1.807, 2.05) is 24.3 Å². The van der Waals surface area contributed by atoms with Gasteiger partial charge in [0.05, 0.1) is 34.1 Å². The molecule has 0 aliphatic heterocycles. The molecular weight excluding hydrogens is 518 g/mol. The number of aromatic nitrogens is 2. The van der Waals surface area contributed by atoms with Gasteiger partial charge in [0.1, 0.15) is 5.82 Å². The summed E-state index contributed by atoms with van der Waals surface area (Å²) in [5.74, 6) is 0.743. The lowest BCUT2D eigenvalue weighted by Crippen LogP contribution is -2.14. The lowest BCUT2D eigenvalue weighted by molar-refractivity contribution is -0.115. The summed E-state index contributed by atoms with van der Waals surface area (Å²) in [5.41, 5.74) is 8.02. The number of amides is 1. The topological polar surface area (TPSA) is 81.1 Å². The molecule has 204 valence electrons. The smallest absolute Gasteiger partial charge is 0.228 e. The lowest BCUT2D eigenvalue weighted by Gasteiger charge is -2.19. The van der Waals surface area contributed by atoms with Crippen molar-refractivity contribution in [3.05, 3.63) is 113 Å². The average molecular weight is 552 g/mol. The summed E-state index contributed by atoms with van der Waals surface area (Å²) in [7, 11) is -3.26. The van der Waals surface area contributed by atoms with Gasteiger partial charge in [-0.3, -0.25) is 4.79 Å². The number of nitrogens with zero attached hydrogens (tertiary/aromatic N) is 2. The zero-order valence-corrected chi connectivity index (χ0v) is 24.0. The van der Waals surface area contributed by atoms with Crippen molar-refractivity contribution in [3.63, 3.8) is 0 Å². The fraction of sp³-hybridized carbons (Fsp3) is 0.212. The van der Waals surface area contributed by atoms with Crippen molar-refractivity contribution >= 4 is 32.5 Å². The normalized spacial score (nSPS) is 12.4. The molecule has 0 fully saturated rings. The van der Waals surface area contributed by atoms with E-state index in [-0.39, 0.29) is 29.0 Å². The Morgan fingerprint density at radius 1 is 0.875 bits per heavy atom. The van der Waals surface area contributed by atoms with Crippen LogP contribution >= 0.6 is 0 Å². The number of aryl methyl sites for hydroxylation is 2. The maximum atomic E-state index is 12.7. The molecular formula is C33H33N3O3S. The first-order valence-corrected chi connectivity index (χ1v) is 15.1. The Morgan fingerprint density at radius 2 is 1.52 bits per heavy atom. The van der Waals surface area contributed by atoms with Crippen molar-refractivity contribution in [2.75, 3.05) is 11.1 Å². The minimum Gasteiger partial charge on any atom is -0.326 e. The monoisotopic (exact) mass is 551 g/mol. The summed E-state index contributed by atoms with van der Waals surface area (Å²) in [4.78, 5) is 18.0. The quantitative estimate of drug-likeness (QED) is 0.227. The number of anilines is 1. The second-order valence-electron chi connectivity index (χ2n) is 10.2. The third kappa shape index (κ3) is 5.70. The fourth-order valence-corrected chi connectivity index (χ4v) is 5.75. The Balaban J connectivity index is 1.38. The van der Waals surface area contributed by atoms with Crippen molar-refractivity contribution in [2.24, 2.45) is 0 Å². The van der Waals surface area contributed by atoms with Crippen LogP contribution in [0.2, 0.25) is 0 Å². The van der Waals surface area contributed by atoms with Crippen LogP contribution in [-0.4, -0.2) is 29.6 Å². The largest absolute Gasteiger partial charge is 0.326 e. The van der Waals surface area contributed by atoms with Crippen molar-refractivity contribution < 1.29 is 13.2 Å². The first-order chi connectivity index (χ1) is 19.1. The number of carbonyl (C=O) groups is 1. The second-order valence-corrected chi connectivity index (χ2v) is 12.5. The molecule has 1 N–H and O–H groups in total. The van der Waals surface area contributed by atoms with Crippen LogP contribution in [0.4, 0.5) is 5.69 Å². The van der Waals surface area contributed by atoms with Crippen LogP contribution in [0.3, 0.4) is 0 Å². The highest BCUT2D eigenvalue weighted by molar-refractivity contribution is 7.91. The highest BCUT2D eigenvalue weighted by Gasteiger charge is 2.19. The Labute approximate surface area is 235 Å². The van der Waals surface area contributed by atoms with Crippen molar-refractivity contribution in [3.8, 4) is 11.4 Å². The van der Waals surface area contributed by atoms with Gasteiger partial charge in [0.2, 0.25) is 5.91 Å². The first kappa shape index (κ1) is 27.3. The van der Waals surface area contributed by atoms with Gasteiger partial charge in [0, 0.05) is 11.3 Å². The van der Waals surface area contributed by atoms with E-state index in [1.165, 1.54) is 16.7 Å². The zero-order chi connectivity index (χ0) is 28.4. The molecule has 5 rings (SSSR count). The maximum Gasteiger partial charge on any atom is 0.228 e. The van der Waals surface area contributed by atoms with Crippen molar-refractivity contribution in [2.45, 2.75) is 45.1 Å². The molecule has 5 aromatic rings. The van der Waals surface area contributed by atoms with E-state index in [2.05, 4.69) is 73.1 Å². The summed E-state index contributed by atoms with van der Waals surface area (Å²) in [6.07, 6.45) is 0.150. The number of imidazole rings is 1. The lowest BCUT2D eigenvalue weighted by atomic mass is 10.1. The van der Waals surface area contributed by atoms with Crippen LogP contribution < -0.4 is 5.32 Å². The van der Waals surface area contributed by atoms with Gasteiger partial charge in [-0.15, -0.1) is 0 Å². The minimum atomic E-state index is -3.26. The summed E-state index contributed by atoms with van der Waals surface area (Å²) >= 11 is 0. The van der Waals surface area contributed by atoms with Gasteiger partial charge in [-0.25, -0.2) is 13.4 Å². The molecule has 0 radical (unpaired) electrons. The van der Waals surface area contributed by atoms with Crippen LogP contribution in [-0.2, 0) is 21.1 Å². The predicted molar refractivity (Wildman–Crippen MR) is 161 cm³/mol. The van der Waals surface area contributed by atoms with Crippen molar-refractivity contribution in [1.29, 1.82) is 0 Å². The number of rotatable bonds is 8. The van der Waals surface area contributed by atoms with Crippen molar-refractivity contribution in [1.82, 2.24) is 9.55 Å². The highest BCUT2D eigenvalue weighted by Crippen LogP contribution is 2.32. The molecule has 0 spiro atoms. The molecule has 7 heteroatoms. The Bertz CT molecular complexity index is 1770. The summed E-state index contributed by atoms with van der Waals surface area (Å²) in [5, 5.41) is 2.94. The molecule has 1 heterocycles. The van der Waals surface area contributed by atoms with E-state index in [4.69, 9.17) is 4.98 Å². The molecule has 0 aliphatic carbocycles. The maximum absolute atomic E-state index is 12.7. The molecule has 40 heavy (non-hydrogen) atoms. The SMILES string of the molecule is CCS(=O)(=O)c1ccc(CC(=O)Nc2ccc(-c3nc4ccc(C)cc4n3[C@@H](C)c3ccc(C)cc3)cc2)cc1. The molecule has 0 aliphatic rings. The fourth-order valence-electron chi connectivity index (χ4n) is 4.87. The Hall–Kier alpha value is -4.23. The van der Waals surface area contributed by atoms with Gasteiger partial charge in [-0.1, -0.05) is 55.0 Å². The number of nitrogens with one attached hydrogen (secondary N) is 1. The Morgan fingerprint density at radius 3 is 2.17 bits per heavy atom. The first-order valence-electron chi connectivity index (χ1n) is 13.4. The third-order valence-electron chi connectivity index (χ3n) is 7.25. The highest BCUT2D eigenvalue weighted by atomic mass is 32.2. The summed E-state index contributed by atoms with van der Waals surface area (Å²) in [6.45, 7) is 7.98. The summed E-state index contributed by atoms with van der Waals surface area (Å²) < 4.78 is 26.3. The van der Waals surface area contributed by atoms with Crippen LogP contribution in [0.1, 0.15) is 42.1 Å². The third-order valence-corrected chi connectivity index (χ3v) is 9.00. The molecule has 1 atom stereocenters. The molecule has 4 aromatic carbocycles. The minimum absolute atomic E-state index is 0.0452. The molecule has 6 nitrogen and oxygen atoms in total. The molecule has 0 saturated carbocycles. The van der Waals surface area contributed by atoms with Crippen LogP contribution in [0.25, 0.3) is 22.4 Å². The standard InChI is InChI=1S/C33H33N3O3S/c1-5-40(38,39)29-17-9-25(10-18-29)21-32(37)34-28-15-13-27(14-16-28)33-35-30-19-8-23(3)20-31(30)36(33)24(4)26-11-6-22(2)7-12-26/h6-20,24H,5,21H2,1-4H3,(H,34,37)/t24-/m0/s1. The van der Waals surface area contributed by atoms with E-state index >= 15 is 0 Å². The number of benzene rings is 4. The van der Waals surface area contributed by atoms with Gasteiger partial charge in [0.15, 0.2) is 9.84 Å². The van der Waals surface area contributed by atoms with Gasteiger partial charge in [-0.05, 0) is 86.0 Å². The van der Waals surface area contributed by atoms with E-state index in [0.29, 0.717) is 5.69 Å². The van der Waals surface area contributed by atoms with Gasteiger partial charge in [0.25, 0.3) is 0 Å².